The molecule has 0 aliphatic heterocycles. The van der Waals surface area contributed by atoms with Gasteiger partial charge in [0.25, 0.3) is 0 Å². The molecule has 0 saturated carbocycles. The smallest absolute Gasteiger partial charge is 0.0636 e. The molecule has 0 aliphatic carbocycles. The van der Waals surface area contributed by atoms with E-state index >= 15 is 0 Å². The maximum absolute atomic E-state index is 5.57. The first-order valence-electron chi connectivity index (χ1n) is 5.30. The van der Waals surface area contributed by atoms with Crippen LogP contribution in [0.5, 0.6) is 0 Å². The Kier molecular flexibility index (Phi) is 5.75. The van der Waals surface area contributed by atoms with E-state index in [0.29, 0.717) is 0 Å². The molecule has 0 radical (unpaired) electrons. The molecule has 1 unspecified atom stereocenters. The second-order valence-corrected chi connectivity index (χ2v) is 4.47. The SMILES string of the molecule is CCCn1nccc1C(CCSC)NN. The maximum Gasteiger partial charge on any atom is 0.0636 e. The molecule has 0 bridgehead atoms. The first kappa shape index (κ1) is 12.5. The maximum atomic E-state index is 5.57. The van der Waals surface area contributed by atoms with Crippen molar-refractivity contribution in [3.63, 3.8) is 0 Å². The number of rotatable bonds is 7. The summed E-state index contributed by atoms with van der Waals surface area (Å²) < 4.78 is 2.03. The average molecular weight is 228 g/mol. The van der Waals surface area contributed by atoms with Gasteiger partial charge in [0, 0.05) is 12.7 Å². The molecule has 5 heteroatoms. The summed E-state index contributed by atoms with van der Waals surface area (Å²) in [5.74, 6) is 6.67. The minimum absolute atomic E-state index is 0.214. The fourth-order valence-corrected chi connectivity index (χ4v) is 2.06. The molecule has 0 saturated heterocycles. The third-order valence-corrected chi connectivity index (χ3v) is 3.00. The summed E-state index contributed by atoms with van der Waals surface area (Å²) in [5, 5.41) is 4.30. The minimum Gasteiger partial charge on any atom is -0.271 e. The number of hydrogen-bond acceptors (Lipinski definition) is 4. The Morgan fingerprint density at radius 3 is 3.07 bits per heavy atom. The van der Waals surface area contributed by atoms with E-state index in [1.54, 1.807) is 0 Å². The highest BCUT2D eigenvalue weighted by atomic mass is 32.2. The normalized spacial score (nSPS) is 13.0. The van der Waals surface area contributed by atoms with Gasteiger partial charge < -0.3 is 0 Å². The highest BCUT2D eigenvalue weighted by Gasteiger charge is 2.13. The molecule has 0 aliphatic rings. The van der Waals surface area contributed by atoms with Crippen LogP contribution in [0.4, 0.5) is 0 Å². The topological polar surface area (TPSA) is 55.9 Å². The Hall–Kier alpha value is -0.520. The number of hydrogen-bond donors (Lipinski definition) is 2. The second kappa shape index (κ2) is 6.87. The number of thioether (sulfide) groups is 1. The van der Waals surface area contributed by atoms with Crippen LogP contribution >= 0.6 is 11.8 Å². The van der Waals surface area contributed by atoms with E-state index in [1.165, 1.54) is 5.69 Å². The molecular formula is C10H20N4S. The van der Waals surface area contributed by atoms with Crippen LogP contribution in [0.3, 0.4) is 0 Å². The number of nitrogens with zero attached hydrogens (tertiary/aromatic N) is 2. The Balaban J connectivity index is 2.67. The van der Waals surface area contributed by atoms with Crippen LogP contribution in [0.2, 0.25) is 0 Å². The van der Waals surface area contributed by atoms with Gasteiger partial charge in [0.1, 0.15) is 0 Å². The monoisotopic (exact) mass is 228 g/mol. The Bertz CT molecular complexity index is 274. The predicted molar refractivity (Wildman–Crippen MR) is 65.6 cm³/mol. The standard InChI is InChI=1S/C10H20N4S/c1-3-7-14-10(4-6-12-14)9(13-11)5-8-15-2/h4,6,9,13H,3,5,7-8,11H2,1-2H3. The number of nitrogens with two attached hydrogens (primary N) is 1. The van der Waals surface area contributed by atoms with Gasteiger partial charge in [-0.25, -0.2) is 0 Å². The summed E-state index contributed by atoms with van der Waals surface area (Å²) in [6, 6.07) is 2.26. The lowest BCUT2D eigenvalue weighted by molar-refractivity contribution is 0.473. The Morgan fingerprint density at radius 2 is 2.47 bits per heavy atom. The van der Waals surface area contributed by atoms with Gasteiger partial charge in [-0.3, -0.25) is 16.0 Å². The highest BCUT2D eigenvalue weighted by molar-refractivity contribution is 7.98. The first-order valence-corrected chi connectivity index (χ1v) is 6.69. The predicted octanol–water partition coefficient (Wildman–Crippen LogP) is 1.55. The van der Waals surface area contributed by atoms with Crippen LogP contribution in [0, 0.1) is 0 Å². The summed E-state index contributed by atoms with van der Waals surface area (Å²) in [4.78, 5) is 0. The van der Waals surface area contributed by atoms with Crippen LogP contribution in [0.1, 0.15) is 31.5 Å². The van der Waals surface area contributed by atoms with Gasteiger partial charge in [0.15, 0.2) is 0 Å². The molecule has 86 valence electrons. The van der Waals surface area contributed by atoms with Crippen LogP contribution in [0.25, 0.3) is 0 Å². The largest absolute Gasteiger partial charge is 0.271 e. The fourth-order valence-electron chi connectivity index (χ4n) is 1.59. The zero-order chi connectivity index (χ0) is 11.1. The van der Waals surface area contributed by atoms with E-state index in [9.17, 15) is 0 Å². The molecule has 0 amide bonds. The zero-order valence-electron chi connectivity index (χ0n) is 9.44. The summed E-state index contributed by atoms with van der Waals surface area (Å²) in [6.45, 7) is 3.11. The van der Waals surface area contributed by atoms with Gasteiger partial charge in [-0.15, -0.1) is 0 Å². The van der Waals surface area contributed by atoms with Gasteiger partial charge in [-0.2, -0.15) is 16.9 Å². The van der Waals surface area contributed by atoms with Crippen molar-refractivity contribution in [2.45, 2.75) is 32.4 Å². The number of hydrazine groups is 1. The van der Waals surface area contributed by atoms with Crippen molar-refractivity contribution in [2.75, 3.05) is 12.0 Å². The highest BCUT2D eigenvalue weighted by Crippen LogP contribution is 2.17. The molecule has 4 nitrogen and oxygen atoms in total. The lowest BCUT2D eigenvalue weighted by Gasteiger charge is -2.16. The molecule has 1 aromatic heterocycles. The van der Waals surface area contributed by atoms with Crippen molar-refractivity contribution in [3.05, 3.63) is 18.0 Å². The molecule has 3 N–H and O–H groups in total. The number of aryl methyl sites for hydroxylation is 1. The van der Waals surface area contributed by atoms with Crippen LogP contribution in [-0.2, 0) is 6.54 Å². The van der Waals surface area contributed by atoms with Crippen LogP contribution < -0.4 is 11.3 Å². The lowest BCUT2D eigenvalue weighted by Crippen LogP contribution is -2.30. The minimum atomic E-state index is 0.214. The third-order valence-electron chi connectivity index (χ3n) is 2.35. The van der Waals surface area contributed by atoms with Gasteiger partial charge in [0.05, 0.1) is 11.7 Å². The van der Waals surface area contributed by atoms with Gasteiger partial charge in [-0.05, 0) is 30.9 Å². The van der Waals surface area contributed by atoms with E-state index in [0.717, 1.165) is 25.1 Å². The Labute approximate surface area is 95.6 Å². The van der Waals surface area contributed by atoms with E-state index in [2.05, 4.69) is 23.7 Å². The van der Waals surface area contributed by atoms with Crippen LogP contribution in [-0.4, -0.2) is 21.8 Å². The molecule has 0 fully saturated rings. The molecule has 15 heavy (non-hydrogen) atoms. The number of nitrogens with one attached hydrogen (secondary N) is 1. The van der Waals surface area contributed by atoms with Gasteiger partial charge in [-0.1, -0.05) is 6.92 Å². The average Bonchev–Trinajstić information content (AvgIpc) is 2.68. The molecule has 1 atom stereocenters. The summed E-state index contributed by atoms with van der Waals surface area (Å²) in [7, 11) is 0. The van der Waals surface area contributed by atoms with Crippen molar-refractivity contribution >= 4 is 11.8 Å². The zero-order valence-corrected chi connectivity index (χ0v) is 10.3. The first-order chi connectivity index (χ1) is 7.33. The molecule has 0 aromatic carbocycles. The molecule has 1 aromatic rings. The molecule has 1 rings (SSSR count). The van der Waals surface area contributed by atoms with E-state index in [4.69, 9.17) is 5.84 Å². The van der Waals surface area contributed by atoms with E-state index < -0.39 is 0 Å². The fraction of sp³-hybridized carbons (Fsp3) is 0.700. The van der Waals surface area contributed by atoms with Gasteiger partial charge in [0.2, 0.25) is 0 Å². The lowest BCUT2D eigenvalue weighted by atomic mass is 10.1. The van der Waals surface area contributed by atoms with Crippen molar-refractivity contribution in [3.8, 4) is 0 Å². The van der Waals surface area contributed by atoms with Gasteiger partial charge >= 0.3 is 0 Å². The second-order valence-electron chi connectivity index (χ2n) is 3.48. The van der Waals surface area contributed by atoms with Crippen molar-refractivity contribution in [1.29, 1.82) is 0 Å². The van der Waals surface area contributed by atoms with E-state index in [1.807, 2.05) is 28.7 Å². The quantitative estimate of drug-likeness (QED) is 0.549. The summed E-state index contributed by atoms with van der Waals surface area (Å²) in [5.41, 5.74) is 4.05. The summed E-state index contributed by atoms with van der Waals surface area (Å²) in [6.07, 6.45) is 6.08. The van der Waals surface area contributed by atoms with Crippen molar-refractivity contribution in [2.24, 2.45) is 5.84 Å². The third kappa shape index (κ3) is 3.52. The van der Waals surface area contributed by atoms with Crippen molar-refractivity contribution < 1.29 is 0 Å². The molecule has 1 heterocycles. The van der Waals surface area contributed by atoms with Crippen molar-refractivity contribution in [1.82, 2.24) is 15.2 Å². The molecular weight excluding hydrogens is 208 g/mol. The molecule has 0 spiro atoms. The van der Waals surface area contributed by atoms with Crippen LogP contribution in [0.15, 0.2) is 12.3 Å². The summed E-state index contributed by atoms with van der Waals surface area (Å²) >= 11 is 1.84. The number of aromatic nitrogens is 2. The van der Waals surface area contributed by atoms with E-state index in [-0.39, 0.29) is 6.04 Å². The Morgan fingerprint density at radius 1 is 1.67 bits per heavy atom.